The van der Waals surface area contributed by atoms with Crippen molar-refractivity contribution in [2.24, 2.45) is 0 Å². The number of fused-ring (bicyclic) bond motifs is 1. The number of urea groups is 2. The van der Waals surface area contributed by atoms with Crippen LogP contribution >= 0.6 is 0 Å². The fourth-order valence-electron chi connectivity index (χ4n) is 2.23. The number of hydrogen-bond acceptors (Lipinski definition) is 4. The maximum Gasteiger partial charge on any atom is 0.586 e. The first-order valence-electron chi connectivity index (χ1n) is 6.90. The number of hydrogen-bond donors (Lipinski definition) is 3. The van der Waals surface area contributed by atoms with E-state index in [1.807, 2.05) is 0 Å². The average Bonchev–Trinajstić information content (AvgIpc) is 3.00. The number of nitrogens with zero attached hydrogens (tertiary/aromatic N) is 1. The van der Waals surface area contributed by atoms with E-state index in [4.69, 9.17) is 0 Å². The molecule has 2 aliphatic heterocycles. The molecule has 0 saturated carbocycles. The van der Waals surface area contributed by atoms with Gasteiger partial charge in [0.15, 0.2) is 11.5 Å². The second-order valence-electron chi connectivity index (χ2n) is 4.93. The van der Waals surface area contributed by atoms with E-state index in [0.717, 1.165) is 0 Å². The molecule has 23 heavy (non-hydrogen) atoms. The fourth-order valence-corrected chi connectivity index (χ4v) is 2.23. The summed E-state index contributed by atoms with van der Waals surface area (Å²) in [6, 6.07) is 3.25. The Balaban J connectivity index is 1.48. The van der Waals surface area contributed by atoms with E-state index in [9.17, 15) is 18.4 Å². The fraction of sp³-hybridized carbons (Fsp3) is 0.385. The monoisotopic (exact) mass is 328 g/mol. The number of amides is 4. The SMILES string of the molecule is O=C(NCCN1CCNC1=O)Nc1ccc2c(c1)OC(F)(F)O2. The summed E-state index contributed by atoms with van der Waals surface area (Å²) < 4.78 is 34.3. The van der Waals surface area contributed by atoms with Crippen LogP contribution in [0.2, 0.25) is 0 Å². The van der Waals surface area contributed by atoms with Crippen LogP contribution in [0.3, 0.4) is 0 Å². The molecule has 124 valence electrons. The first-order chi connectivity index (χ1) is 10.9. The molecule has 8 nitrogen and oxygen atoms in total. The molecular weight excluding hydrogens is 314 g/mol. The number of rotatable bonds is 4. The molecule has 0 atom stereocenters. The first-order valence-corrected chi connectivity index (χ1v) is 6.90. The number of alkyl halides is 2. The lowest BCUT2D eigenvalue weighted by Crippen LogP contribution is -2.38. The van der Waals surface area contributed by atoms with Gasteiger partial charge in [0.25, 0.3) is 0 Å². The van der Waals surface area contributed by atoms with Crippen LogP contribution in [0, 0.1) is 0 Å². The standard InChI is InChI=1S/C13H14F2N4O4/c14-13(15)22-9-2-1-8(7-10(9)23-13)18-11(20)16-3-5-19-6-4-17-12(19)21/h1-2,7H,3-6H2,(H,17,21)(H2,16,18,20). The van der Waals surface area contributed by atoms with Crippen molar-refractivity contribution in [2.75, 3.05) is 31.5 Å². The Morgan fingerprint density at radius 3 is 2.87 bits per heavy atom. The second kappa shape index (κ2) is 5.78. The van der Waals surface area contributed by atoms with Gasteiger partial charge in [-0.2, -0.15) is 0 Å². The van der Waals surface area contributed by atoms with Crippen LogP contribution in [-0.4, -0.2) is 49.4 Å². The normalized spacial score (nSPS) is 17.8. The molecule has 3 N–H and O–H groups in total. The van der Waals surface area contributed by atoms with Crippen LogP contribution in [0.1, 0.15) is 0 Å². The van der Waals surface area contributed by atoms with Gasteiger partial charge in [-0.3, -0.25) is 0 Å². The molecule has 0 bridgehead atoms. The minimum absolute atomic E-state index is 0.0963. The maximum absolute atomic E-state index is 12.9. The molecule has 2 heterocycles. The summed E-state index contributed by atoms with van der Waals surface area (Å²) in [5, 5.41) is 7.71. The molecule has 0 aliphatic carbocycles. The van der Waals surface area contributed by atoms with Crippen LogP contribution in [0.5, 0.6) is 11.5 Å². The van der Waals surface area contributed by atoms with Crippen LogP contribution in [-0.2, 0) is 0 Å². The summed E-state index contributed by atoms with van der Waals surface area (Å²) in [4.78, 5) is 24.6. The van der Waals surface area contributed by atoms with E-state index in [1.54, 1.807) is 4.90 Å². The minimum atomic E-state index is -3.69. The van der Waals surface area contributed by atoms with E-state index in [1.165, 1.54) is 18.2 Å². The summed E-state index contributed by atoms with van der Waals surface area (Å²) in [5.74, 6) is -0.248. The summed E-state index contributed by atoms with van der Waals surface area (Å²) in [6.45, 7) is 1.83. The number of carbonyl (C=O) groups excluding carboxylic acids is 2. The zero-order chi connectivity index (χ0) is 16.4. The zero-order valence-corrected chi connectivity index (χ0v) is 11.9. The molecule has 0 aromatic heterocycles. The quantitative estimate of drug-likeness (QED) is 0.773. The average molecular weight is 328 g/mol. The van der Waals surface area contributed by atoms with Gasteiger partial charge in [-0.25, -0.2) is 9.59 Å². The molecule has 10 heteroatoms. The molecule has 1 aromatic carbocycles. The van der Waals surface area contributed by atoms with E-state index in [-0.39, 0.29) is 29.8 Å². The van der Waals surface area contributed by atoms with E-state index in [0.29, 0.717) is 19.6 Å². The minimum Gasteiger partial charge on any atom is -0.395 e. The highest BCUT2D eigenvalue weighted by molar-refractivity contribution is 5.89. The number of carbonyl (C=O) groups is 2. The molecule has 4 amide bonds. The number of ether oxygens (including phenoxy) is 2. The Morgan fingerprint density at radius 1 is 1.35 bits per heavy atom. The van der Waals surface area contributed by atoms with Crippen LogP contribution in [0.25, 0.3) is 0 Å². The van der Waals surface area contributed by atoms with Crippen LogP contribution in [0.4, 0.5) is 24.1 Å². The third-order valence-electron chi connectivity index (χ3n) is 3.27. The molecule has 0 radical (unpaired) electrons. The van der Waals surface area contributed by atoms with Gasteiger partial charge in [-0.05, 0) is 12.1 Å². The summed E-state index contributed by atoms with van der Waals surface area (Å²) >= 11 is 0. The van der Waals surface area contributed by atoms with Crippen LogP contribution in [0.15, 0.2) is 18.2 Å². The lowest BCUT2D eigenvalue weighted by molar-refractivity contribution is -0.286. The van der Waals surface area contributed by atoms with Crippen molar-refractivity contribution >= 4 is 17.7 Å². The highest BCUT2D eigenvalue weighted by atomic mass is 19.3. The van der Waals surface area contributed by atoms with Gasteiger partial charge >= 0.3 is 18.4 Å². The molecule has 0 unspecified atom stereocenters. The van der Waals surface area contributed by atoms with Gasteiger partial charge in [0.05, 0.1) is 0 Å². The van der Waals surface area contributed by atoms with Gasteiger partial charge < -0.3 is 30.3 Å². The lowest BCUT2D eigenvalue weighted by atomic mass is 10.3. The third kappa shape index (κ3) is 3.52. The highest BCUT2D eigenvalue weighted by Crippen LogP contribution is 2.42. The van der Waals surface area contributed by atoms with Gasteiger partial charge in [0.2, 0.25) is 0 Å². The second-order valence-corrected chi connectivity index (χ2v) is 4.93. The van der Waals surface area contributed by atoms with Crippen molar-refractivity contribution in [1.29, 1.82) is 0 Å². The van der Waals surface area contributed by atoms with Crippen molar-refractivity contribution in [3.05, 3.63) is 18.2 Å². The van der Waals surface area contributed by atoms with Gasteiger partial charge in [0.1, 0.15) is 0 Å². The Morgan fingerprint density at radius 2 is 2.13 bits per heavy atom. The molecule has 1 saturated heterocycles. The van der Waals surface area contributed by atoms with Crippen molar-refractivity contribution in [1.82, 2.24) is 15.5 Å². The molecule has 1 aromatic rings. The predicted molar refractivity (Wildman–Crippen MR) is 74.6 cm³/mol. The molecule has 1 fully saturated rings. The number of anilines is 1. The van der Waals surface area contributed by atoms with Gasteiger partial charge in [-0.15, -0.1) is 8.78 Å². The van der Waals surface area contributed by atoms with E-state index >= 15 is 0 Å². The van der Waals surface area contributed by atoms with Crippen LogP contribution < -0.4 is 25.4 Å². The Bertz CT molecular complexity index is 640. The van der Waals surface area contributed by atoms with Crippen molar-refractivity contribution in [3.8, 4) is 11.5 Å². The molecular formula is C13H14F2N4O4. The predicted octanol–water partition coefficient (Wildman–Crippen LogP) is 1.15. The Labute approximate surface area is 129 Å². The third-order valence-corrected chi connectivity index (χ3v) is 3.27. The van der Waals surface area contributed by atoms with Gasteiger partial charge in [-0.1, -0.05) is 0 Å². The first kappa shape index (κ1) is 15.1. The van der Waals surface area contributed by atoms with Crippen molar-refractivity contribution in [2.45, 2.75) is 6.29 Å². The van der Waals surface area contributed by atoms with Crippen molar-refractivity contribution in [3.63, 3.8) is 0 Å². The Kier molecular flexibility index (Phi) is 3.80. The van der Waals surface area contributed by atoms with Crippen molar-refractivity contribution < 1.29 is 27.8 Å². The topological polar surface area (TPSA) is 91.9 Å². The lowest BCUT2D eigenvalue weighted by Gasteiger charge is -2.14. The summed E-state index contributed by atoms with van der Waals surface area (Å²) in [5.41, 5.74) is 0.279. The van der Waals surface area contributed by atoms with Gasteiger partial charge in [0, 0.05) is 37.9 Å². The number of benzene rings is 1. The molecule has 2 aliphatic rings. The Hall–Kier alpha value is -2.78. The molecule has 0 spiro atoms. The number of halogens is 2. The highest BCUT2D eigenvalue weighted by Gasteiger charge is 2.43. The zero-order valence-electron chi connectivity index (χ0n) is 11.9. The maximum atomic E-state index is 12.9. The largest absolute Gasteiger partial charge is 0.586 e. The molecule has 3 rings (SSSR count). The summed E-state index contributed by atoms with van der Waals surface area (Å²) in [6.07, 6.45) is -3.69. The van der Waals surface area contributed by atoms with E-state index < -0.39 is 12.3 Å². The summed E-state index contributed by atoms with van der Waals surface area (Å²) in [7, 11) is 0. The van der Waals surface area contributed by atoms with E-state index in [2.05, 4.69) is 25.4 Å². The number of nitrogens with one attached hydrogen (secondary N) is 3. The smallest absolute Gasteiger partial charge is 0.395 e.